The van der Waals surface area contributed by atoms with Crippen LogP contribution in [-0.2, 0) is 27.9 Å². The van der Waals surface area contributed by atoms with Gasteiger partial charge in [-0.2, -0.15) is 0 Å². The molecule has 0 bridgehead atoms. The lowest BCUT2D eigenvalue weighted by molar-refractivity contribution is -0.127. The van der Waals surface area contributed by atoms with E-state index in [4.69, 9.17) is 4.74 Å². The van der Waals surface area contributed by atoms with Crippen molar-refractivity contribution in [1.29, 1.82) is 0 Å². The SMILES string of the molecule is CCS(=O)(=O)N1C[C@@H](C(=O)NCc2ccc(CN3CCCCC3)cc2)Oc2ccccc21. The van der Waals surface area contributed by atoms with Gasteiger partial charge in [0, 0.05) is 13.1 Å². The van der Waals surface area contributed by atoms with Crippen molar-refractivity contribution in [2.45, 2.75) is 45.4 Å². The van der Waals surface area contributed by atoms with Gasteiger partial charge in [0.1, 0.15) is 5.75 Å². The third-order valence-corrected chi connectivity index (χ3v) is 7.82. The van der Waals surface area contributed by atoms with Crippen molar-refractivity contribution in [3.8, 4) is 5.75 Å². The van der Waals surface area contributed by atoms with Gasteiger partial charge >= 0.3 is 0 Å². The summed E-state index contributed by atoms with van der Waals surface area (Å²) in [4.78, 5) is 15.3. The number of nitrogens with zero attached hydrogens (tertiary/aromatic N) is 2. The first kappa shape index (κ1) is 22.6. The Morgan fingerprint density at radius 2 is 1.72 bits per heavy atom. The highest BCUT2D eigenvalue weighted by Gasteiger charge is 2.35. The fourth-order valence-corrected chi connectivity index (χ4v) is 5.32. The number of likely N-dealkylation sites (tertiary alicyclic amines) is 1. The standard InChI is InChI=1S/C24H31N3O4S/c1-2-32(29,30)27-18-23(31-22-9-5-4-8-21(22)27)24(28)25-16-19-10-12-20(13-11-19)17-26-14-6-3-7-15-26/h4-5,8-13,23H,2-3,6-7,14-18H2,1H3,(H,25,28)/t23-/m0/s1. The van der Waals surface area contributed by atoms with Gasteiger partial charge in [0.25, 0.3) is 5.91 Å². The molecule has 1 N–H and O–H groups in total. The lowest BCUT2D eigenvalue weighted by Gasteiger charge is -2.34. The summed E-state index contributed by atoms with van der Waals surface area (Å²) in [5.74, 6) is 0.0330. The largest absolute Gasteiger partial charge is 0.476 e. The Labute approximate surface area is 190 Å². The summed E-state index contributed by atoms with van der Waals surface area (Å²) in [6, 6.07) is 15.2. The molecule has 7 nitrogen and oxygen atoms in total. The summed E-state index contributed by atoms with van der Waals surface area (Å²) < 4.78 is 32.3. The number of carbonyl (C=O) groups excluding carboxylic acids is 1. The van der Waals surface area contributed by atoms with Crippen LogP contribution in [0.3, 0.4) is 0 Å². The highest BCUT2D eigenvalue weighted by Crippen LogP contribution is 2.35. The number of hydrogen-bond donors (Lipinski definition) is 1. The average molecular weight is 458 g/mol. The number of anilines is 1. The molecule has 1 fully saturated rings. The molecule has 2 aromatic carbocycles. The van der Waals surface area contributed by atoms with Crippen LogP contribution in [0, 0.1) is 0 Å². The van der Waals surface area contributed by atoms with Crippen LogP contribution in [0.4, 0.5) is 5.69 Å². The molecule has 1 saturated heterocycles. The van der Waals surface area contributed by atoms with Crippen LogP contribution in [0.5, 0.6) is 5.75 Å². The number of benzene rings is 2. The molecular formula is C24H31N3O4S. The van der Waals surface area contributed by atoms with Crippen LogP contribution in [0.15, 0.2) is 48.5 Å². The molecule has 2 aromatic rings. The molecule has 0 unspecified atom stereocenters. The number of amides is 1. The van der Waals surface area contributed by atoms with E-state index in [1.54, 1.807) is 31.2 Å². The summed E-state index contributed by atoms with van der Waals surface area (Å²) in [7, 11) is -3.52. The molecule has 0 saturated carbocycles. The van der Waals surface area contributed by atoms with Crippen molar-refractivity contribution in [2.75, 3.05) is 29.7 Å². The van der Waals surface area contributed by atoms with Crippen LogP contribution in [0.2, 0.25) is 0 Å². The van der Waals surface area contributed by atoms with Gasteiger partial charge in [0.05, 0.1) is 18.0 Å². The van der Waals surface area contributed by atoms with Crippen LogP contribution >= 0.6 is 0 Å². The number of hydrogen-bond acceptors (Lipinski definition) is 5. The second kappa shape index (κ2) is 9.92. The fourth-order valence-electron chi connectivity index (χ4n) is 4.20. The number of rotatable bonds is 7. The third kappa shape index (κ3) is 5.24. The molecule has 0 aliphatic carbocycles. The number of sulfonamides is 1. The summed E-state index contributed by atoms with van der Waals surface area (Å²) in [5, 5.41) is 2.89. The molecule has 32 heavy (non-hydrogen) atoms. The minimum absolute atomic E-state index is 0.0339. The Hall–Kier alpha value is -2.58. The minimum atomic E-state index is -3.52. The van der Waals surface area contributed by atoms with E-state index in [2.05, 4.69) is 22.3 Å². The number of para-hydroxylation sites is 2. The summed E-state index contributed by atoms with van der Waals surface area (Å²) in [6.07, 6.45) is 2.97. The normalized spacial score (nSPS) is 19.2. The summed E-state index contributed by atoms with van der Waals surface area (Å²) in [6.45, 7) is 5.21. The van der Waals surface area contributed by atoms with Crippen LogP contribution in [-0.4, -0.2) is 50.7 Å². The zero-order valence-corrected chi connectivity index (χ0v) is 19.3. The van der Waals surface area contributed by atoms with Gasteiger partial charge in [-0.3, -0.25) is 14.0 Å². The van der Waals surface area contributed by atoms with E-state index >= 15 is 0 Å². The number of ether oxygens (including phenoxy) is 1. The quantitative estimate of drug-likeness (QED) is 0.692. The lowest BCUT2D eigenvalue weighted by Crippen LogP contribution is -2.50. The average Bonchev–Trinajstić information content (AvgIpc) is 2.83. The third-order valence-electron chi connectivity index (χ3n) is 6.07. The summed E-state index contributed by atoms with van der Waals surface area (Å²) >= 11 is 0. The van der Waals surface area contributed by atoms with E-state index in [0.29, 0.717) is 18.0 Å². The smallest absolute Gasteiger partial charge is 0.263 e. The van der Waals surface area contributed by atoms with Crippen molar-refractivity contribution < 1.29 is 17.9 Å². The van der Waals surface area contributed by atoms with Gasteiger partial charge in [-0.05, 0) is 56.1 Å². The zero-order chi connectivity index (χ0) is 22.6. The monoisotopic (exact) mass is 457 g/mol. The molecule has 4 rings (SSSR count). The first-order valence-corrected chi connectivity index (χ1v) is 12.9. The maximum atomic E-state index is 12.8. The van der Waals surface area contributed by atoms with Gasteiger partial charge in [-0.1, -0.05) is 42.8 Å². The molecule has 2 aliphatic heterocycles. The van der Waals surface area contributed by atoms with Crippen molar-refractivity contribution in [1.82, 2.24) is 10.2 Å². The molecule has 1 atom stereocenters. The maximum Gasteiger partial charge on any atom is 0.263 e. The Bertz CT molecular complexity index is 1030. The minimum Gasteiger partial charge on any atom is -0.476 e. The van der Waals surface area contributed by atoms with E-state index in [9.17, 15) is 13.2 Å². The lowest BCUT2D eigenvalue weighted by atomic mass is 10.1. The van der Waals surface area contributed by atoms with Crippen LogP contribution in [0.25, 0.3) is 0 Å². The predicted octanol–water partition coefficient (Wildman–Crippen LogP) is 2.91. The van der Waals surface area contributed by atoms with Crippen LogP contribution in [0.1, 0.15) is 37.3 Å². The highest BCUT2D eigenvalue weighted by atomic mass is 32.2. The van der Waals surface area contributed by atoms with Crippen molar-refractivity contribution >= 4 is 21.6 Å². The topological polar surface area (TPSA) is 79.0 Å². The van der Waals surface area contributed by atoms with E-state index < -0.39 is 16.1 Å². The van der Waals surface area contributed by atoms with E-state index in [-0.39, 0.29) is 18.2 Å². The molecular weight excluding hydrogens is 426 g/mol. The number of fused-ring (bicyclic) bond motifs is 1. The van der Waals surface area contributed by atoms with Crippen molar-refractivity contribution in [3.63, 3.8) is 0 Å². The Kier molecular flexibility index (Phi) is 7.01. The molecule has 1 amide bonds. The van der Waals surface area contributed by atoms with Crippen LogP contribution < -0.4 is 14.4 Å². The molecule has 0 aromatic heterocycles. The second-order valence-corrected chi connectivity index (χ2v) is 10.6. The van der Waals surface area contributed by atoms with Gasteiger partial charge in [0.15, 0.2) is 6.10 Å². The fraction of sp³-hybridized carbons (Fsp3) is 0.458. The Morgan fingerprint density at radius 3 is 2.44 bits per heavy atom. The van der Waals surface area contributed by atoms with Gasteiger partial charge in [-0.25, -0.2) is 8.42 Å². The predicted molar refractivity (Wildman–Crippen MR) is 125 cm³/mol. The Balaban J connectivity index is 1.36. The first-order valence-electron chi connectivity index (χ1n) is 11.3. The maximum absolute atomic E-state index is 12.8. The molecule has 0 radical (unpaired) electrons. The van der Waals surface area contributed by atoms with Crippen molar-refractivity contribution in [3.05, 3.63) is 59.7 Å². The second-order valence-electron chi connectivity index (χ2n) is 8.38. The van der Waals surface area contributed by atoms with Gasteiger partial charge in [0.2, 0.25) is 10.0 Å². The first-order chi connectivity index (χ1) is 15.5. The van der Waals surface area contributed by atoms with E-state index in [1.165, 1.54) is 29.1 Å². The molecule has 172 valence electrons. The molecule has 0 spiro atoms. The molecule has 2 aliphatic rings. The highest BCUT2D eigenvalue weighted by molar-refractivity contribution is 7.92. The number of nitrogens with one attached hydrogen (secondary N) is 1. The van der Waals surface area contributed by atoms with Gasteiger partial charge in [-0.15, -0.1) is 0 Å². The number of piperidine rings is 1. The Morgan fingerprint density at radius 1 is 1.03 bits per heavy atom. The van der Waals surface area contributed by atoms with E-state index in [0.717, 1.165) is 25.2 Å². The zero-order valence-electron chi connectivity index (χ0n) is 18.5. The van der Waals surface area contributed by atoms with Gasteiger partial charge < -0.3 is 10.1 Å². The molecule has 8 heteroatoms. The van der Waals surface area contributed by atoms with E-state index in [1.807, 2.05) is 12.1 Å². The summed E-state index contributed by atoms with van der Waals surface area (Å²) in [5.41, 5.74) is 2.74. The van der Waals surface area contributed by atoms with Crippen molar-refractivity contribution in [2.24, 2.45) is 0 Å². The number of carbonyl (C=O) groups is 1. The molecule has 2 heterocycles.